The van der Waals surface area contributed by atoms with Crippen molar-refractivity contribution in [1.29, 1.82) is 0 Å². The molecule has 0 spiro atoms. The van der Waals surface area contributed by atoms with Gasteiger partial charge in [0.15, 0.2) is 0 Å². The van der Waals surface area contributed by atoms with E-state index in [1.165, 1.54) is 63.6 Å². The highest BCUT2D eigenvalue weighted by Gasteiger charge is 2.42. The molecule has 3 heterocycles. The van der Waals surface area contributed by atoms with Gasteiger partial charge in [-0.1, -0.05) is 62.5 Å². The summed E-state index contributed by atoms with van der Waals surface area (Å²) < 4.78 is 6.93. The minimum absolute atomic E-state index is 0.172. The molecular weight excluding hydrogens is 428 g/mol. The van der Waals surface area contributed by atoms with E-state index in [1.807, 2.05) is 34.8 Å². The Kier molecular flexibility index (Phi) is 9.62. The second-order valence-corrected chi connectivity index (χ2v) is 11.3. The first-order chi connectivity index (χ1) is 15.6. The minimum atomic E-state index is -0.172. The molecule has 1 nitrogen and oxygen atoms in total. The predicted octanol–water partition coefficient (Wildman–Crippen LogP) is 10.1. The van der Waals surface area contributed by atoms with Crippen molar-refractivity contribution in [1.82, 2.24) is 0 Å². The highest BCUT2D eigenvalue weighted by molar-refractivity contribution is 7.22. The van der Waals surface area contributed by atoms with E-state index in [0.29, 0.717) is 0 Å². The molecule has 32 heavy (non-hydrogen) atoms. The van der Waals surface area contributed by atoms with Crippen molar-refractivity contribution in [2.45, 2.75) is 83.7 Å². The average molecular weight is 467 g/mol. The molecule has 0 fully saturated rings. The van der Waals surface area contributed by atoms with Crippen LogP contribution in [0.1, 0.15) is 79.5 Å². The van der Waals surface area contributed by atoms with Crippen LogP contribution in [0, 0.1) is 13.8 Å². The molecule has 0 saturated carbocycles. The lowest BCUT2D eigenvalue weighted by molar-refractivity contribution is 0.0398. The minimum Gasteiger partial charge on any atom is -0.481 e. The van der Waals surface area contributed by atoms with Gasteiger partial charge in [0.1, 0.15) is 11.4 Å². The lowest BCUT2D eigenvalue weighted by Gasteiger charge is -2.38. The molecule has 0 radical (unpaired) electrons. The molecule has 172 valence electrons. The summed E-state index contributed by atoms with van der Waals surface area (Å²) in [4.78, 5) is 5.54. The van der Waals surface area contributed by atoms with Gasteiger partial charge in [0.2, 0.25) is 0 Å². The van der Waals surface area contributed by atoms with E-state index >= 15 is 0 Å². The maximum atomic E-state index is 6.93. The van der Waals surface area contributed by atoms with E-state index in [1.54, 1.807) is 0 Å². The fourth-order valence-corrected chi connectivity index (χ4v) is 6.78. The van der Waals surface area contributed by atoms with Crippen LogP contribution in [0.15, 0.2) is 61.7 Å². The van der Waals surface area contributed by atoms with Gasteiger partial charge in [0.05, 0.1) is 9.75 Å². The molecular formula is C29H38OS2. The first-order valence-corrected chi connectivity index (χ1v) is 13.7. The van der Waals surface area contributed by atoms with Crippen LogP contribution in [0.3, 0.4) is 0 Å². The van der Waals surface area contributed by atoms with Crippen molar-refractivity contribution >= 4 is 22.7 Å². The van der Waals surface area contributed by atoms with Gasteiger partial charge in [-0.05, 0) is 77.3 Å². The summed E-state index contributed by atoms with van der Waals surface area (Å²) in [7, 11) is 0. The normalized spacial score (nSPS) is 17.4. The summed E-state index contributed by atoms with van der Waals surface area (Å²) in [5.74, 6) is 1.12. The maximum absolute atomic E-state index is 6.93. The van der Waals surface area contributed by atoms with Gasteiger partial charge >= 0.3 is 0 Å². The third kappa shape index (κ3) is 6.36. The van der Waals surface area contributed by atoms with Gasteiger partial charge in [0, 0.05) is 15.3 Å². The molecule has 0 atom stereocenters. The van der Waals surface area contributed by atoms with Crippen LogP contribution >= 0.6 is 22.7 Å². The molecule has 0 amide bonds. The van der Waals surface area contributed by atoms with Crippen molar-refractivity contribution in [2.24, 2.45) is 0 Å². The van der Waals surface area contributed by atoms with Crippen molar-refractivity contribution < 1.29 is 4.74 Å². The fraction of sp³-hybridized carbons (Fsp3) is 0.448. The lowest BCUT2D eigenvalue weighted by Crippen LogP contribution is -2.35. The SMILES string of the molecule is C=CC=CCCCCCC1(CCCCCC=CC=C)Oc2cc(C)sc2-c2sc(C)cc21. The molecule has 2 aromatic rings. The first-order valence-electron chi connectivity index (χ1n) is 12.1. The lowest BCUT2D eigenvalue weighted by atomic mass is 9.81. The Labute approximate surface area is 203 Å². The van der Waals surface area contributed by atoms with Gasteiger partial charge in [-0.25, -0.2) is 0 Å². The Morgan fingerprint density at radius 3 is 1.94 bits per heavy atom. The van der Waals surface area contributed by atoms with Crippen molar-refractivity contribution in [3.05, 3.63) is 77.1 Å². The summed E-state index contributed by atoms with van der Waals surface area (Å²) in [6, 6.07) is 4.67. The molecule has 0 saturated heterocycles. The smallest absolute Gasteiger partial charge is 0.140 e. The van der Waals surface area contributed by atoms with Crippen LogP contribution in [-0.4, -0.2) is 0 Å². The van der Waals surface area contributed by atoms with E-state index in [4.69, 9.17) is 4.74 Å². The van der Waals surface area contributed by atoms with Crippen LogP contribution in [0.5, 0.6) is 5.75 Å². The summed E-state index contributed by atoms with van der Waals surface area (Å²) >= 11 is 3.83. The second-order valence-electron chi connectivity index (χ2n) is 8.77. The van der Waals surface area contributed by atoms with E-state index in [0.717, 1.165) is 31.4 Å². The summed E-state index contributed by atoms with van der Waals surface area (Å²) in [6.45, 7) is 11.9. The predicted molar refractivity (Wildman–Crippen MR) is 144 cm³/mol. The second kappa shape index (κ2) is 12.4. The zero-order valence-corrected chi connectivity index (χ0v) is 21.5. The fourth-order valence-electron chi connectivity index (χ4n) is 4.59. The molecule has 1 aliphatic rings. The van der Waals surface area contributed by atoms with E-state index < -0.39 is 0 Å². The zero-order valence-electron chi connectivity index (χ0n) is 19.8. The number of unbranched alkanes of at least 4 members (excludes halogenated alkanes) is 6. The van der Waals surface area contributed by atoms with Crippen LogP contribution < -0.4 is 4.74 Å². The highest BCUT2D eigenvalue weighted by Crippen LogP contribution is 2.55. The number of thiophene rings is 2. The van der Waals surface area contributed by atoms with E-state index in [-0.39, 0.29) is 5.60 Å². The molecule has 0 bridgehead atoms. The van der Waals surface area contributed by atoms with Crippen LogP contribution in [0.25, 0.3) is 9.75 Å². The molecule has 0 N–H and O–H groups in total. The summed E-state index contributed by atoms with van der Waals surface area (Å²) in [5.41, 5.74) is 1.28. The summed E-state index contributed by atoms with van der Waals surface area (Å²) in [5, 5.41) is 0. The quantitative estimate of drug-likeness (QED) is 0.199. The largest absolute Gasteiger partial charge is 0.481 e. The van der Waals surface area contributed by atoms with E-state index in [9.17, 15) is 0 Å². The third-order valence-corrected chi connectivity index (χ3v) is 8.37. The number of fused-ring (bicyclic) bond motifs is 3. The van der Waals surface area contributed by atoms with Crippen LogP contribution in [0.4, 0.5) is 0 Å². The number of rotatable bonds is 14. The van der Waals surface area contributed by atoms with Gasteiger partial charge in [0.25, 0.3) is 0 Å². The number of aryl methyl sites for hydroxylation is 2. The summed E-state index contributed by atoms with van der Waals surface area (Å²) in [6.07, 6.45) is 24.1. The Morgan fingerprint density at radius 1 is 0.781 bits per heavy atom. The Morgan fingerprint density at radius 2 is 1.34 bits per heavy atom. The van der Waals surface area contributed by atoms with Crippen LogP contribution in [0.2, 0.25) is 0 Å². The monoisotopic (exact) mass is 466 g/mol. The standard InChI is InChI=1S/C29H38OS2/c1-5-7-9-11-13-15-17-19-29(20-18-16-14-12-10-8-6-2)25-21-23(3)31-27(25)28-26(30-29)22-24(4)32-28/h5-10,21-22H,1-2,11-20H2,3-4H3. The van der Waals surface area contributed by atoms with Gasteiger partial charge in [-0.15, -0.1) is 22.7 Å². The average Bonchev–Trinajstić information content (AvgIpc) is 3.34. The third-order valence-electron chi connectivity index (χ3n) is 6.13. The number of hydrogen-bond acceptors (Lipinski definition) is 3. The number of allylic oxidation sites excluding steroid dienone is 6. The van der Waals surface area contributed by atoms with Gasteiger partial charge in [-0.2, -0.15) is 0 Å². The van der Waals surface area contributed by atoms with Crippen molar-refractivity contribution in [3.63, 3.8) is 0 Å². The molecule has 3 rings (SSSR count). The molecule has 1 aliphatic heterocycles. The maximum Gasteiger partial charge on any atom is 0.140 e. The van der Waals surface area contributed by atoms with Crippen molar-refractivity contribution in [3.8, 4) is 15.5 Å². The number of ether oxygens (including phenoxy) is 1. The molecule has 2 aromatic heterocycles. The molecule has 0 aromatic carbocycles. The first kappa shape index (κ1) is 24.8. The zero-order chi connectivity index (χ0) is 22.8. The van der Waals surface area contributed by atoms with Crippen molar-refractivity contribution in [2.75, 3.05) is 0 Å². The molecule has 0 unspecified atom stereocenters. The van der Waals surface area contributed by atoms with Gasteiger partial charge in [-0.3, -0.25) is 0 Å². The van der Waals surface area contributed by atoms with Crippen LogP contribution in [-0.2, 0) is 5.60 Å². The number of hydrogen-bond donors (Lipinski definition) is 0. The van der Waals surface area contributed by atoms with E-state index in [2.05, 4.69) is 63.4 Å². The Balaban J connectivity index is 1.73. The molecule has 3 heteroatoms. The Hall–Kier alpha value is -1.84. The highest BCUT2D eigenvalue weighted by atomic mass is 32.1. The Bertz CT molecular complexity index is 913. The van der Waals surface area contributed by atoms with Gasteiger partial charge < -0.3 is 4.74 Å². The molecule has 0 aliphatic carbocycles. The topological polar surface area (TPSA) is 9.23 Å².